The molecule has 86 valence electrons. The summed E-state index contributed by atoms with van der Waals surface area (Å²) in [7, 11) is 1.44. The summed E-state index contributed by atoms with van der Waals surface area (Å²) < 4.78 is 4.63. The van der Waals surface area contributed by atoms with E-state index in [2.05, 4.69) is 15.4 Å². The number of hydrogen-bond donors (Lipinski definition) is 2. The SMILES string of the molecule is COCC(=O)NCC(=O)N1CCNCC1. The number of piperazine rings is 1. The Morgan fingerprint density at radius 1 is 1.40 bits per heavy atom. The summed E-state index contributed by atoms with van der Waals surface area (Å²) >= 11 is 0. The Labute approximate surface area is 88.9 Å². The summed E-state index contributed by atoms with van der Waals surface area (Å²) in [4.78, 5) is 24.3. The fraction of sp³-hybridized carbons (Fsp3) is 0.778. The summed E-state index contributed by atoms with van der Waals surface area (Å²) in [6, 6.07) is 0. The molecule has 0 atom stereocenters. The van der Waals surface area contributed by atoms with Gasteiger partial charge in [0.1, 0.15) is 6.61 Å². The van der Waals surface area contributed by atoms with E-state index in [0.717, 1.165) is 13.1 Å². The van der Waals surface area contributed by atoms with Crippen LogP contribution in [-0.4, -0.2) is 63.2 Å². The molecule has 0 aromatic rings. The molecule has 0 spiro atoms. The molecule has 2 amide bonds. The standard InChI is InChI=1S/C9H17N3O3/c1-15-7-8(13)11-6-9(14)12-4-2-10-3-5-12/h10H,2-7H2,1H3,(H,11,13). The third-order valence-electron chi connectivity index (χ3n) is 2.18. The van der Waals surface area contributed by atoms with Crippen molar-refractivity contribution in [2.75, 3.05) is 46.4 Å². The molecule has 1 saturated heterocycles. The lowest BCUT2D eigenvalue weighted by Gasteiger charge is -2.27. The van der Waals surface area contributed by atoms with Gasteiger partial charge in [0.25, 0.3) is 0 Å². The van der Waals surface area contributed by atoms with Gasteiger partial charge in [0, 0.05) is 33.3 Å². The molecule has 0 bridgehead atoms. The highest BCUT2D eigenvalue weighted by Gasteiger charge is 2.16. The van der Waals surface area contributed by atoms with E-state index in [1.165, 1.54) is 7.11 Å². The number of methoxy groups -OCH3 is 1. The van der Waals surface area contributed by atoms with Gasteiger partial charge in [0.2, 0.25) is 11.8 Å². The van der Waals surface area contributed by atoms with Gasteiger partial charge in [-0.25, -0.2) is 0 Å². The number of nitrogens with one attached hydrogen (secondary N) is 2. The number of hydrogen-bond acceptors (Lipinski definition) is 4. The molecule has 6 heteroatoms. The minimum Gasteiger partial charge on any atom is -0.375 e. The molecule has 0 aliphatic carbocycles. The molecule has 15 heavy (non-hydrogen) atoms. The van der Waals surface area contributed by atoms with Gasteiger partial charge in [-0.15, -0.1) is 0 Å². The van der Waals surface area contributed by atoms with E-state index >= 15 is 0 Å². The average Bonchev–Trinajstić information content (AvgIpc) is 2.27. The number of carbonyl (C=O) groups is 2. The Kier molecular flexibility index (Phi) is 5.06. The lowest BCUT2D eigenvalue weighted by Crippen LogP contribution is -2.49. The number of nitrogens with zero attached hydrogens (tertiary/aromatic N) is 1. The minimum atomic E-state index is -0.263. The van der Waals surface area contributed by atoms with Crippen LogP contribution in [0.3, 0.4) is 0 Å². The molecular weight excluding hydrogens is 198 g/mol. The van der Waals surface area contributed by atoms with Gasteiger partial charge in [-0.05, 0) is 0 Å². The van der Waals surface area contributed by atoms with Crippen LogP contribution in [0.5, 0.6) is 0 Å². The summed E-state index contributed by atoms with van der Waals surface area (Å²) in [6.45, 7) is 3.10. The number of rotatable bonds is 4. The largest absolute Gasteiger partial charge is 0.375 e. The Hall–Kier alpha value is -1.14. The topological polar surface area (TPSA) is 70.7 Å². The highest BCUT2D eigenvalue weighted by Crippen LogP contribution is 1.92. The zero-order valence-corrected chi connectivity index (χ0v) is 8.91. The van der Waals surface area contributed by atoms with Crippen molar-refractivity contribution in [2.45, 2.75) is 0 Å². The van der Waals surface area contributed by atoms with E-state index in [1.54, 1.807) is 4.90 Å². The first kappa shape index (κ1) is 11.9. The first-order valence-electron chi connectivity index (χ1n) is 4.98. The molecule has 0 aromatic carbocycles. The molecule has 6 nitrogen and oxygen atoms in total. The van der Waals surface area contributed by atoms with Crippen LogP contribution in [0.1, 0.15) is 0 Å². The van der Waals surface area contributed by atoms with Crippen molar-refractivity contribution in [3.8, 4) is 0 Å². The van der Waals surface area contributed by atoms with E-state index in [1.807, 2.05) is 0 Å². The molecule has 1 aliphatic heterocycles. The lowest BCUT2D eigenvalue weighted by atomic mass is 10.3. The summed E-state index contributed by atoms with van der Waals surface area (Å²) in [5.74, 6) is -0.304. The third-order valence-corrected chi connectivity index (χ3v) is 2.18. The van der Waals surface area contributed by atoms with Crippen molar-refractivity contribution >= 4 is 11.8 Å². The Balaban J connectivity index is 2.19. The van der Waals surface area contributed by atoms with Crippen LogP contribution >= 0.6 is 0 Å². The molecule has 1 aliphatic rings. The van der Waals surface area contributed by atoms with Crippen molar-refractivity contribution < 1.29 is 14.3 Å². The maximum Gasteiger partial charge on any atom is 0.246 e. The van der Waals surface area contributed by atoms with E-state index in [9.17, 15) is 9.59 Å². The zero-order chi connectivity index (χ0) is 11.1. The van der Waals surface area contributed by atoms with Gasteiger partial charge in [-0.1, -0.05) is 0 Å². The third kappa shape index (κ3) is 4.26. The van der Waals surface area contributed by atoms with Crippen LogP contribution < -0.4 is 10.6 Å². The van der Waals surface area contributed by atoms with E-state index in [4.69, 9.17) is 0 Å². The van der Waals surface area contributed by atoms with Crippen molar-refractivity contribution in [2.24, 2.45) is 0 Å². The zero-order valence-electron chi connectivity index (χ0n) is 8.91. The number of carbonyl (C=O) groups excluding carboxylic acids is 2. The second-order valence-electron chi connectivity index (χ2n) is 3.34. The van der Waals surface area contributed by atoms with Crippen LogP contribution in [0.25, 0.3) is 0 Å². The van der Waals surface area contributed by atoms with Gasteiger partial charge in [-0.3, -0.25) is 9.59 Å². The monoisotopic (exact) mass is 215 g/mol. The molecule has 1 fully saturated rings. The van der Waals surface area contributed by atoms with Crippen molar-refractivity contribution in [3.05, 3.63) is 0 Å². The lowest BCUT2D eigenvalue weighted by molar-refractivity contribution is -0.134. The van der Waals surface area contributed by atoms with Gasteiger partial charge in [0.15, 0.2) is 0 Å². The van der Waals surface area contributed by atoms with Gasteiger partial charge in [0.05, 0.1) is 6.54 Å². The van der Waals surface area contributed by atoms with E-state index < -0.39 is 0 Å². The Morgan fingerprint density at radius 2 is 2.07 bits per heavy atom. The first-order valence-corrected chi connectivity index (χ1v) is 4.98. The van der Waals surface area contributed by atoms with Crippen molar-refractivity contribution in [1.29, 1.82) is 0 Å². The van der Waals surface area contributed by atoms with Gasteiger partial charge < -0.3 is 20.3 Å². The highest BCUT2D eigenvalue weighted by molar-refractivity contribution is 5.85. The predicted molar refractivity (Wildman–Crippen MR) is 54.3 cm³/mol. The molecule has 1 rings (SSSR count). The van der Waals surface area contributed by atoms with Crippen LogP contribution in [0, 0.1) is 0 Å². The fourth-order valence-electron chi connectivity index (χ4n) is 1.38. The van der Waals surface area contributed by atoms with Crippen molar-refractivity contribution in [1.82, 2.24) is 15.5 Å². The van der Waals surface area contributed by atoms with Crippen LogP contribution in [-0.2, 0) is 14.3 Å². The molecule has 0 saturated carbocycles. The Bertz CT molecular complexity index is 227. The van der Waals surface area contributed by atoms with Gasteiger partial charge >= 0.3 is 0 Å². The predicted octanol–water partition coefficient (Wildman–Crippen LogP) is -1.82. The molecule has 1 heterocycles. The second kappa shape index (κ2) is 6.36. The normalized spacial score (nSPS) is 16.2. The summed E-state index contributed by atoms with van der Waals surface area (Å²) in [6.07, 6.45) is 0. The number of ether oxygens (including phenoxy) is 1. The molecule has 0 radical (unpaired) electrons. The van der Waals surface area contributed by atoms with E-state index in [0.29, 0.717) is 13.1 Å². The van der Waals surface area contributed by atoms with Crippen LogP contribution in [0.4, 0.5) is 0 Å². The second-order valence-corrected chi connectivity index (χ2v) is 3.34. The van der Waals surface area contributed by atoms with Crippen molar-refractivity contribution in [3.63, 3.8) is 0 Å². The first-order chi connectivity index (χ1) is 7.24. The quantitative estimate of drug-likeness (QED) is 0.579. The molecule has 2 N–H and O–H groups in total. The minimum absolute atomic E-state index is 0.00512. The Morgan fingerprint density at radius 3 is 2.67 bits per heavy atom. The van der Waals surface area contributed by atoms with Crippen LogP contribution in [0.2, 0.25) is 0 Å². The number of amides is 2. The van der Waals surface area contributed by atoms with Crippen LogP contribution in [0.15, 0.2) is 0 Å². The molecule has 0 unspecified atom stereocenters. The fourth-order valence-corrected chi connectivity index (χ4v) is 1.38. The summed E-state index contributed by atoms with van der Waals surface area (Å²) in [5.41, 5.74) is 0. The van der Waals surface area contributed by atoms with E-state index in [-0.39, 0.29) is 25.0 Å². The van der Waals surface area contributed by atoms with Gasteiger partial charge in [-0.2, -0.15) is 0 Å². The maximum atomic E-state index is 11.5. The highest BCUT2D eigenvalue weighted by atomic mass is 16.5. The smallest absolute Gasteiger partial charge is 0.246 e. The maximum absolute atomic E-state index is 11.5. The summed E-state index contributed by atoms with van der Waals surface area (Å²) in [5, 5.41) is 5.66. The molecule has 0 aromatic heterocycles. The molecular formula is C9H17N3O3. The average molecular weight is 215 g/mol.